The third-order valence-electron chi connectivity index (χ3n) is 1.21. The van der Waals surface area contributed by atoms with E-state index in [1.165, 1.54) is 12.1 Å². The Bertz CT molecular complexity index is 330. The smallest absolute Gasteiger partial charge is 0.158 e. The van der Waals surface area contributed by atoms with Crippen molar-refractivity contribution in [2.45, 2.75) is 0 Å². The number of hydrogen-bond acceptors (Lipinski definition) is 3. The average Bonchev–Trinajstić information content (AvgIpc) is 2.03. The van der Waals surface area contributed by atoms with Crippen LogP contribution in [-0.4, -0.2) is 14.3 Å². The largest absolute Gasteiger partial charge is 0.369 e. The van der Waals surface area contributed by atoms with Crippen molar-refractivity contribution in [3.8, 4) is 0 Å². The van der Waals surface area contributed by atoms with E-state index in [4.69, 9.17) is 0 Å². The zero-order valence-corrected chi connectivity index (χ0v) is 6.98. The molecule has 0 atom stereocenters. The summed E-state index contributed by atoms with van der Waals surface area (Å²) in [5.41, 5.74) is 0.174. The molecule has 3 nitrogen and oxygen atoms in total. The number of benzene rings is 1. The Hall–Kier alpha value is -1.10. The second kappa shape index (κ2) is 4.06. The Morgan fingerprint density at radius 3 is 2.92 bits per heavy atom. The first kappa shape index (κ1) is 8.99. The van der Waals surface area contributed by atoms with Gasteiger partial charge in [0.15, 0.2) is 10.7 Å². The minimum absolute atomic E-state index is 0.174. The molecule has 1 aromatic carbocycles. The van der Waals surface area contributed by atoms with Gasteiger partial charge in [0.05, 0.1) is 5.69 Å². The molecule has 0 aliphatic rings. The van der Waals surface area contributed by atoms with E-state index in [2.05, 4.69) is 11.4 Å². The Balaban J connectivity index is 2.69. The predicted octanol–water partition coefficient (Wildman–Crippen LogP) is 0.607. The van der Waals surface area contributed by atoms with E-state index in [1.54, 1.807) is 0 Å². The van der Waals surface area contributed by atoms with Gasteiger partial charge < -0.3 is 5.32 Å². The fourth-order valence-electron chi connectivity index (χ4n) is 0.703. The van der Waals surface area contributed by atoms with Crippen molar-refractivity contribution in [2.75, 3.05) is 11.2 Å². The van der Waals surface area contributed by atoms with Gasteiger partial charge in [-0.15, -0.1) is 0 Å². The molecule has 0 saturated carbocycles. The summed E-state index contributed by atoms with van der Waals surface area (Å²) in [7, 11) is -2.52. The van der Waals surface area contributed by atoms with Crippen molar-refractivity contribution in [1.29, 1.82) is 0 Å². The highest BCUT2D eigenvalue weighted by molar-refractivity contribution is 7.72. The molecule has 1 radical (unpaired) electrons. The molecule has 0 unspecified atom stereocenters. The molecule has 0 aromatic heterocycles. The fraction of sp³-hybridized carbons (Fsp3) is 0.143. The van der Waals surface area contributed by atoms with Gasteiger partial charge in [0.1, 0.15) is 11.7 Å². The van der Waals surface area contributed by atoms with E-state index < -0.39 is 16.5 Å². The van der Waals surface area contributed by atoms with Crippen LogP contribution in [0.25, 0.3) is 0 Å². The van der Waals surface area contributed by atoms with Gasteiger partial charge in [0.25, 0.3) is 0 Å². The molecular formula is C7H7FNO2S. The minimum atomic E-state index is -2.52. The van der Waals surface area contributed by atoms with Gasteiger partial charge in [-0.05, 0) is 18.2 Å². The molecule has 0 heterocycles. The molecule has 0 amide bonds. The number of anilines is 1. The Morgan fingerprint density at radius 1 is 1.58 bits per heavy atom. The normalized spacial score (nSPS) is 10.2. The van der Waals surface area contributed by atoms with Crippen LogP contribution in [0.2, 0.25) is 0 Å². The maximum absolute atomic E-state index is 12.7. The van der Waals surface area contributed by atoms with Crippen LogP contribution < -0.4 is 5.32 Å². The summed E-state index contributed by atoms with van der Waals surface area (Å²) >= 11 is 0. The number of hydrogen-bond donors (Lipinski definition) is 2. The fourth-order valence-corrected chi connectivity index (χ4v) is 1.00. The first-order chi connectivity index (χ1) is 5.70. The molecule has 0 aliphatic carbocycles. The molecule has 0 saturated heterocycles. The summed E-state index contributed by atoms with van der Waals surface area (Å²) in [6, 6.07) is 6.59. The van der Waals surface area contributed by atoms with Crippen LogP contribution in [-0.2, 0) is 10.7 Å². The molecule has 5 heteroatoms. The maximum atomic E-state index is 12.7. The van der Waals surface area contributed by atoms with Gasteiger partial charge in [-0.1, -0.05) is 6.07 Å². The van der Waals surface area contributed by atoms with Crippen molar-refractivity contribution in [1.82, 2.24) is 0 Å². The quantitative estimate of drug-likeness (QED) is 0.683. The molecule has 65 valence electrons. The topological polar surface area (TPSA) is 46.2 Å². The molecule has 0 fully saturated rings. The van der Waals surface area contributed by atoms with Gasteiger partial charge >= 0.3 is 0 Å². The standard InChI is InChI=1S/C7H7FNO2S/c8-6-3-1-2-4-7(6)9-5-12(10)11/h2-4,9,12H,5H2. The molecule has 0 spiro atoms. The van der Waals surface area contributed by atoms with Gasteiger partial charge in [-0.25, -0.2) is 12.8 Å². The first-order valence-corrected chi connectivity index (χ1v) is 4.57. The van der Waals surface area contributed by atoms with Crippen LogP contribution in [0.4, 0.5) is 10.1 Å². The van der Waals surface area contributed by atoms with Crippen molar-refractivity contribution >= 4 is 16.4 Å². The van der Waals surface area contributed by atoms with Crippen LogP contribution >= 0.6 is 0 Å². The third-order valence-corrected chi connectivity index (χ3v) is 1.63. The third kappa shape index (κ3) is 2.50. The van der Waals surface area contributed by atoms with E-state index in [9.17, 15) is 12.8 Å². The summed E-state index contributed by atoms with van der Waals surface area (Å²) in [5.74, 6) is -0.759. The predicted molar refractivity (Wildman–Crippen MR) is 44.0 cm³/mol. The summed E-state index contributed by atoms with van der Waals surface area (Å²) in [4.78, 5) is 0. The SMILES string of the molecule is O=[SH](=O)CNc1cc[c]cc1F. The molecular weight excluding hydrogens is 181 g/mol. The molecule has 12 heavy (non-hydrogen) atoms. The molecule has 0 bridgehead atoms. The second-order valence-electron chi connectivity index (χ2n) is 2.07. The summed E-state index contributed by atoms with van der Waals surface area (Å²) in [6.07, 6.45) is 0. The molecule has 1 N–H and O–H groups in total. The van der Waals surface area contributed by atoms with Crippen LogP contribution in [0.5, 0.6) is 0 Å². The lowest BCUT2D eigenvalue weighted by atomic mass is 10.3. The zero-order valence-electron chi connectivity index (χ0n) is 6.08. The van der Waals surface area contributed by atoms with E-state index in [-0.39, 0.29) is 11.6 Å². The summed E-state index contributed by atoms with van der Waals surface area (Å²) < 4.78 is 33.0. The summed E-state index contributed by atoms with van der Waals surface area (Å²) in [5, 5.41) is 2.42. The van der Waals surface area contributed by atoms with Crippen LogP contribution in [0, 0.1) is 11.9 Å². The maximum Gasteiger partial charge on any atom is 0.158 e. The van der Waals surface area contributed by atoms with Gasteiger partial charge in [0.2, 0.25) is 0 Å². The minimum Gasteiger partial charge on any atom is -0.369 e. The van der Waals surface area contributed by atoms with E-state index in [1.807, 2.05) is 0 Å². The first-order valence-electron chi connectivity index (χ1n) is 3.21. The van der Waals surface area contributed by atoms with Crippen molar-refractivity contribution in [2.24, 2.45) is 0 Å². The van der Waals surface area contributed by atoms with Crippen LogP contribution in [0.3, 0.4) is 0 Å². The highest BCUT2D eigenvalue weighted by Gasteiger charge is 1.98. The van der Waals surface area contributed by atoms with E-state index in [0.717, 1.165) is 6.07 Å². The summed E-state index contributed by atoms with van der Waals surface area (Å²) in [6.45, 7) is 0. The van der Waals surface area contributed by atoms with Gasteiger partial charge in [-0.2, -0.15) is 0 Å². The van der Waals surface area contributed by atoms with E-state index >= 15 is 0 Å². The number of halogens is 1. The number of nitrogens with one attached hydrogen (secondary N) is 1. The number of thiol groups is 1. The lowest BCUT2D eigenvalue weighted by Crippen LogP contribution is -2.03. The highest BCUT2D eigenvalue weighted by Crippen LogP contribution is 2.10. The molecule has 0 aliphatic heterocycles. The number of rotatable bonds is 3. The van der Waals surface area contributed by atoms with Gasteiger partial charge in [0, 0.05) is 0 Å². The van der Waals surface area contributed by atoms with E-state index in [0.29, 0.717) is 0 Å². The van der Waals surface area contributed by atoms with Crippen LogP contribution in [0.15, 0.2) is 18.2 Å². The lowest BCUT2D eigenvalue weighted by Gasteiger charge is -2.01. The average molecular weight is 188 g/mol. The molecule has 1 aromatic rings. The monoisotopic (exact) mass is 188 g/mol. The van der Waals surface area contributed by atoms with Crippen LogP contribution in [0.1, 0.15) is 0 Å². The highest BCUT2D eigenvalue weighted by atomic mass is 32.2. The Morgan fingerprint density at radius 2 is 2.33 bits per heavy atom. The van der Waals surface area contributed by atoms with Crippen molar-refractivity contribution in [3.63, 3.8) is 0 Å². The zero-order chi connectivity index (χ0) is 8.97. The molecule has 1 rings (SSSR count). The van der Waals surface area contributed by atoms with Crippen molar-refractivity contribution in [3.05, 3.63) is 30.1 Å². The Labute approximate surface area is 71.2 Å². The lowest BCUT2D eigenvalue weighted by molar-refractivity contribution is 0.615. The Kier molecular flexibility index (Phi) is 3.04. The van der Waals surface area contributed by atoms with Gasteiger partial charge in [-0.3, -0.25) is 0 Å². The van der Waals surface area contributed by atoms with Crippen molar-refractivity contribution < 1.29 is 12.8 Å². The second-order valence-corrected chi connectivity index (χ2v) is 3.06.